The van der Waals surface area contributed by atoms with Crippen LogP contribution in [0.1, 0.15) is 13.8 Å². The topological polar surface area (TPSA) is 32.3 Å². The first-order valence-electron chi connectivity index (χ1n) is 2.66. The van der Waals surface area contributed by atoms with E-state index in [9.17, 15) is 0 Å². The molecule has 0 amide bonds. The van der Waals surface area contributed by atoms with Gasteiger partial charge in [-0.25, -0.2) is 0 Å². The van der Waals surface area contributed by atoms with Gasteiger partial charge in [-0.05, 0) is 13.8 Å². The smallest absolute Gasteiger partial charge is 0.0840 e. The SMILES string of the molecule is CC1NC(C)C1O.Cl. The summed E-state index contributed by atoms with van der Waals surface area (Å²) in [6.07, 6.45) is -0.111. The summed E-state index contributed by atoms with van der Waals surface area (Å²) in [5.74, 6) is 0. The fourth-order valence-corrected chi connectivity index (χ4v) is 0.926. The van der Waals surface area contributed by atoms with Crippen molar-refractivity contribution >= 4 is 12.4 Å². The fraction of sp³-hybridized carbons (Fsp3) is 1.00. The molecule has 2 nitrogen and oxygen atoms in total. The molecule has 0 aromatic carbocycles. The Morgan fingerprint density at radius 1 is 1.25 bits per heavy atom. The molecule has 0 aliphatic carbocycles. The van der Waals surface area contributed by atoms with E-state index in [4.69, 9.17) is 5.11 Å². The van der Waals surface area contributed by atoms with Crippen LogP contribution in [0.2, 0.25) is 0 Å². The Hall–Kier alpha value is 0.210. The van der Waals surface area contributed by atoms with Gasteiger partial charge in [-0.1, -0.05) is 0 Å². The number of nitrogens with one attached hydrogen (secondary N) is 1. The van der Waals surface area contributed by atoms with E-state index in [1.807, 2.05) is 13.8 Å². The molecular weight excluding hydrogens is 126 g/mol. The third-order valence-electron chi connectivity index (χ3n) is 1.55. The average Bonchev–Trinajstić information content (AvgIpc) is 1.68. The minimum Gasteiger partial charge on any atom is -0.390 e. The lowest BCUT2D eigenvalue weighted by molar-refractivity contribution is 0.0250. The molecule has 1 rings (SSSR count). The molecule has 2 atom stereocenters. The number of rotatable bonds is 0. The van der Waals surface area contributed by atoms with Crippen LogP contribution in [0.5, 0.6) is 0 Å². The second-order valence-corrected chi connectivity index (χ2v) is 2.23. The van der Waals surface area contributed by atoms with Gasteiger partial charge in [0.15, 0.2) is 0 Å². The molecule has 1 aliphatic rings. The Morgan fingerprint density at radius 3 is 1.62 bits per heavy atom. The monoisotopic (exact) mass is 137 g/mol. The Bertz CT molecular complexity index is 70.8. The minimum atomic E-state index is -0.111. The predicted molar refractivity (Wildman–Crippen MR) is 35.3 cm³/mol. The molecular formula is C5H12ClNO. The van der Waals surface area contributed by atoms with Crippen molar-refractivity contribution < 1.29 is 5.11 Å². The van der Waals surface area contributed by atoms with Crippen molar-refractivity contribution in [3.8, 4) is 0 Å². The van der Waals surface area contributed by atoms with Crippen molar-refractivity contribution in [2.24, 2.45) is 0 Å². The van der Waals surface area contributed by atoms with Crippen LogP contribution in [0.4, 0.5) is 0 Å². The van der Waals surface area contributed by atoms with Crippen molar-refractivity contribution in [2.45, 2.75) is 32.0 Å². The summed E-state index contributed by atoms with van der Waals surface area (Å²) >= 11 is 0. The molecule has 2 N–H and O–H groups in total. The number of halogens is 1. The summed E-state index contributed by atoms with van der Waals surface area (Å²) < 4.78 is 0. The first-order chi connectivity index (χ1) is 3.22. The molecule has 0 aromatic heterocycles. The molecule has 1 fully saturated rings. The molecule has 8 heavy (non-hydrogen) atoms. The van der Waals surface area contributed by atoms with E-state index in [1.54, 1.807) is 0 Å². The van der Waals surface area contributed by atoms with Crippen LogP contribution >= 0.6 is 12.4 Å². The second kappa shape index (κ2) is 2.67. The maximum Gasteiger partial charge on any atom is 0.0840 e. The number of hydrogen-bond acceptors (Lipinski definition) is 2. The average molecular weight is 138 g/mol. The van der Waals surface area contributed by atoms with Crippen LogP contribution in [-0.2, 0) is 0 Å². The van der Waals surface area contributed by atoms with E-state index in [1.165, 1.54) is 0 Å². The van der Waals surface area contributed by atoms with Crippen molar-refractivity contribution in [2.75, 3.05) is 0 Å². The lowest BCUT2D eigenvalue weighted by atomic mass is 9.97. The predicted octanol–water partition coefficient (Wildman–Crippen LogP) is 0.149. The van der Waals surface area contributed by atoms with Gasteiger partial charge in [-0.2, -0.15) is 0 Å². The fourth-order valence-electron chi connectivity index (χ4n) is 0.926. The van der Waals surface area contributed by atoms with Crippen LogP contribution < -0.4 is 5.32 Å². The van der Waals surface area contributed by atoms with Gasteiger partial charge in [-0.3, -0.25) is 0 Å². The molecule has 0 saturated carbocycles. The maximum absolute atomic E-state index is 8.92. The Balaban J connectivity index is 0.000000490. The molecule has 0 spiro atoms. The molecule has 50 valence electrons. The van der Waals surface area contributed by atoms with Crippen LogP contribution in [0.3, 0.4) is 0 Å². The highest BCUT2D eigenvalue weighted by atomic mass is 35.5. The molecule has 1 heterocycles. The summed E-state index contributed by atoms with van der Waals surface area (Å²) in [5.41, 5.74) is 0. The van der Waals surface area contributed by atoms with Gasteiger partial charge in [-0.15, -0.1) is 12.4 Å². The lowest BCUT2D eigenvalue weighted by Crippen LogP contribution is -2.62. The van der Waals surface area contributed by atoms with Gasteiger partial charge < -0.3 is 10.4 Å². The molecule has 0 bridgehead atoms. The van der Waals surface area contributed by atoms with Gasteiger partial charge in [0.25, 0.3) is 0 Å². The summed E-state index contributed by atoms with van der Waals surface area (Å²) in [6.45, 7) is 3.95. The summed E-state index contributed by atoms with van der Waals surface area (Å²) in [4.78, 5) is 0. The van der Waals surface area contributed by atoms with Crippen molar-refractivity contribution in [1.82, 2.24) is 5.32 Å². The lowest BCUT2D eigenvalue weighted by Gasteiger charge is -2.38. The van der Waals surface area contributed by atoms with Crippen LogP contribution in [0.25, 0.3) is 0 Å². The van der Waals surface area contributed by atoms with Crippen LogP contribution in [0.15, 0.2) is 0 Å². The zero-order chi connectivity index (χ0) is 5.44. The minimum absolute atomic E-state index is 0. The highest BCUT2D eigenvalue weighted by Crippen LogP contribution is 2.09. The van der Waals surface area contributed by atoms with Gasteiger partial charge >= 0.3 is 0 Å². The molecule has 3 heteroatoms. The van der Waals surface area contributed by atoms with E-state index in [-0.39, 0.29) is 18.5 Å². The standard InChI is InChI=1S/C5H11NO.ClH/c1-3-5(7)4(2)6-3;/h3-7H,1-2H3;1H. The van der Waals surface area contributed by atoms with Gasteiger partial charge in [0.1, 0.15) is 0 Å². The first kappa shape index (κ1) is 8.21. The summed E-state index contributed by atoms with van der Waals surface area (Å²) in [6, 6.07) is 0.630. The molecule has 1 aliphatic heterocycles. The van der Waals surface area contributed by atoms with Gasteiger partial charge in [0.2, 0.25) is 0 Å². The molecule has 1 saturated heterocycles. The first-order valence-corrected chi connectivity index (χ1v) is 2.66. The number of aliphatic hydroxyl groups excluding tert-OH is 1. The second-order valence-electron chi connectivity index (χ2n) is 2.23. The van der Waals surface area contributed by atoms with Crippen LogP contribution in [0, 0.1) is 0 Å². The number of aliphatic hydroxyl groups is 1. The Morgan fingerprint density at radius 2 is 1.62 bits per heavy atom. The maximum atomic E-state index is 8.92. The van der Waals surface area contributed by atoms with E-state index >= 15 is 0 Å². The number of hydrogen-bond donors (Lipinski definition) is 2. The third-order valence-corrected chi connectivity index (χ3v) is 1.55. The summed E-state index contributed by atoms with van der Waals surface area (Å²) in [5, 5.41) is 12.0. The van der Waals surface area contributed by atoms with Crippen molar-refractivity contribution in [3.63, 3.8) is 0 Å². The summed E-state index contributed by atoms with van der Waals surface area (Å²) in [7, 11) is 0. The van der Waals surface area contributed by atoms with E-state index in [2.05, 4.69) is 5.32 Å². The van der Waals surface area contributed by atoms with Gasteiger partial charge in [0.05, 0.1) is 6.10 Å². The molecule has 0 radical (unpaired) electrons. The normalized spacial score (nSPS) is 44.6. The van der Waals surface area contributed by atoms with Crippen molar-refractivity contribution in [1.29, 1.82) is 0 Å². The van der Waals surface area contributed by atoms with E-state index < -0.39 is 0 Å². The zero-order valence-electron chi connectivity index (χ0n) is 5.09. The third kappa shape index (κ3) is 1.13. The molecule has 2 unspecified atom stereocenters. The quantitative estimate of drug-likeness (QED) is 0.498. The van der Waals surface area contributed by atoms with Crippen LogP contribution in [-0.4, -0.2) is 23.3 Å². The van der Waals surface area contributed by atoms with E-state index in [0.29, 0.717) is 12.1 Å². The van der Waals surface area contributed by atoms with Crippen molar-refractivity contribution in [3.05, 3.63) is 0 Å². The van der Waals surface area contributed by atoms with E-state index in [0.717, 1.165) is 0 Å². The molecule has 0 aromatic rings. The Kier molecular flexibility index (Phi) is 2.74. The zero-order valence-corrected chi connectivity index (χ0v) is 5.90. The highest BCUT2D eigenvalue weighted by molar-refractivity contribution is 5.85. The highest BCUT2D eigenvalue weighted by Gasteiger charge is 2.31. The Labute approximate surface area is 55.7 Å². The largest absolute Gasteiger partial charge is 0.390 e. The van der Waals surface area contributed by atoms with Gasteiger partial charge in [0, 0.05) is 12.1 Å².